The Labute approximate surface area is 187 Å². The normalized spacial score (nSPS) is 12.1. The highest BCUT2D eigenvalue weighted by Gasteiger charge is 2.10. The van der Waals surface area contributed by atoms with E-state index in [1.807, 2.05) is 12.1 Å². The van der Waals surface area contributed by atoms with Crippen molar-refractivity contribution in [3.05, 3.63) is 29.8 Å². The minimum atomic E-state index is 0. The van der Waals surface area contributed by atoms with Gasteiger partial charge in [0.1, 0.15) is 12.4 Å². The van der Waals surface area contributed by atoms with Gasteiger partial charge in [-0.3, -0.25) is 4.99 Å². The zero-order valence-corrected chi connectivity index (χ0v) is 19.7. The van der Waals surface area contributed by atoms with Crippen molar-refractivity contribution in [1.82, 2.24) is 10.6 Å². The number of nitrogens with zero attached hydrogens (tertiary/aromatic N) is 1. The molecule has 0 saturated heterocycles. The molecule has 3 N–H and O–H groups in total. The lowest BCUT2D eigenvalue weighted by Gasteiger charge is -2.17. The number of halogens is 1. The third-order valence-electron chi connectivity index (χ3n) is 4.15. The van der Waals surface area contributed by atoms with Gasteiger partial charge in [0.25, 0.3) is 0 Å². The van der Waals surface area contributed by atoms with Gasteiger partial charge in [-0.15, -0.1) is 30.4 Å². The third kappa shape index (κ3) is 12.1. The fraction of sp³-hybridized carbons (Fsp3) is 0.591. The quantitative estimate of drug-likeness (QED) is 0.178. The first-order chi connectivity index (χ1) is 13.1. The topological polar surface area (TPSA) is 65.9 Å². The summed E-state index contributed by atoms with van der Waals surface area (Å²) in [6, 6.07) is 7.99. The summed E-state index contributed by atoms with van der Waals surface area (Å²) in [4.78, 5) is 4.71. The Bertz CT molecular complexity index is 582. The first kappa shape index (κ1) is 26.5. The molecule has 0 aliphatic rings. The summed E-state index contributed by atoms with van der Waals surface area (Å²) in [5, 5.41) is 15.9. The fourth-order valence-electron chi connectivity index (χ4n) is 2.90. The third-order valence-corrected chi connectivity index (χ3v) is 4.15. The molecule has 1 aromatic rings. The minimum absolute atomic E-state index is 0. The number of hydrogen-bond acceptors (Lipinski definition) is 3. The van der Waals surface area contributed by atoms with Crippen LogP contribution in [0.5, 0.6) is 5.75 Å². The van der Waals surface area contributed by atoms with E-state index in [2.05, 4.69) is 49.5 Å². The summed E-state index contributed by atoms with van der Waals surface area (Å²) in [6.07, 6.45) is 7.97. The van der Waals surface area contributed by atoms with E-state index in [1.165, 1.54) is 5.56 Å². The van der Waals surface area contributed by atoms with Crippen LogP contribution in [0.25, 0.3) is 0 Å². The molecule has 28 heavy (non-hydrogen) atoms. The van der Waals surface area contributed by atoms with E-state index < -0.39 is 0 Å². The number of ether oxygens (including phenoxy) is 1. The molecule has 1 aromatic carbocycles. The van der Waals surface area contributed by atoms with Crippen LogP contribution in [0.2, 0.25) is 0 Å². The molecule has 0 heterocycles. The first-order valence-electron chi connectivity index (χ1n) is 9.87. The summed E-state index contributed by atoms with van der Waals surface area (Å²) < 4.78 is 5.39. The predicted octanol–water partition coefficient (Wildman–Crippen LogP) is 3.46. The number of aliphatic hydroxyl groups is 1. The van der Waals surface area contributed by atoms with Crippen molar-refractivity contribution >= 4 is 29.9 Å². The van der Waals surface area contributed by atoms with Crippen molar-refractivity contribution in [2.45, 2.75) is 40.0 Å². The van der Waals surface area contributed by atoms with Crippen LogP contribution in [-0.4, -0.2) is 43.9 Å². The molecule has 0 radical (unpaired) electrons. The van der Waals surface area contributed by atoms with E-state index in [0.29, 0.717) is 11.8 Å². The van der Waals surface area contributed by atoms with Gasteiger partial charge in [-0.1, -0.05) is 31.9 Å². The van der Waals surface area contributed by atoms with E-state index in [-0.39, 0.29) is 37.2 Å². The van der Waals surface area contributed by atoms with Crippen LogP contribution in [-0.2, 0) is 6.42 Å². The molecule has 0 aliphatic heterocycles. The van der Waals surface area contributed by atoms with Gasteiger partial charge in [0, 0.05) is 26.2 Å². The first-order valence-corrected chi connectivity index (χ1v) is 9.87. The second-order valence-electron chi connectivity index (χ2n) is 7.04. The summed E-state index contributed by atoms with van der Waals surface area (Å²) >= 11 is 0. The number of nitrogens with one attached hydrogen (secondary N) is 2. The average molecular weight is 501 g/mol. The van der Waals surface area contributed by atoms with Crippen molar-refractivity contribution in [1.29, 1.82) is 0 Å². The molecule has 1 atom stereocenters. The number of guanidine groups is 1. The van der Waals surface area contributed by atoms with Gasteiger partial charge < -0.3 is 20.5 Å². The SMILES string of the molecule is C#CCOc1ccc(CCNC(=NCC(CCO)CC(C)C)NCC)cc1.I. The van der Waals surface area contributed by atoms with Gasteiger partial charge in [0.05, 0.1) is 0 Å². The monoisotopic (exact) mass is 501 g/mol. The highest BCUT2D eigenvalue weighted by Crippen LogP contribution is 2.15. The second kappa shape index (κ2) is 16.5. The van der Waals surface area contributed by atoms with Crippen LogP contribution in [0.4, 0.5) is 0 Å². The minimum Gasteiger partial charge on any atom is -0.481 e. The second-order valence-corrected chi connectivity index (χ2v) is 7.04. The molecule has 1 rings (SSSR count). The lowest BCUT2D eigenvalue weighted by atomic mass is 9.94. The van der Waals surface area contributed by atoms with Crippen LogP contribution in [0, 0.1) is 24.2 Å². The molecule has 1 unspecified atom stereocenters. The van der Waals surface area contributed by atoms with E-state index in [1.54, 1.807) is 0 Å². The molecule has 0 bridgehead atoms. The summed E-state index contributed by atoms with van der Waals surface area (Å²) in [6.45, 7) is 9.34. The van der Waals surface area contributed by atoms with E-state index in [0.717, 1.165) is 50.6 Å². The Kier molecular flexibility index (Phi) is 15.6. The number of hydrogen-bond donors (Lipinski definition) is 3. The van der Waals surface area contributed by atoms with Crippen LogP contribution < -0.4 is 15.4 Å². The molecule has 0 saturated carbocycles. The fourth-order valence-corrected chi connectivity index (χ4v) is 2.90. The standard InChI is InChI=1S/C22H35N3O2.HI/c1-5-15-27-21-9-7-19(8-10-21)11-13-24-22(23-6-2)25-17-20(12-14-26)16-18(3)4;/h1,7-10,18,20,26H,6,11-17H2,2-4H3,(H2,23,24,25);1H. The molecule has 5 nitrogen and oxygen atoms in total. The number of benzene rings is 1. The number of terminal acetylenes is 1. The largest absolute Gasteiger partial charge is 0.481 e. The lowest BCUT2D eigenvalue weighted by Crippen LogP contribution is -2.38. The van der Waals surface area contributed by atoms with Crippen molar-refractivity contribution in [3.63, 3.8) is 0 Å². The van der Waals surface area contributed by atoms with Gasteiger partial charge in [-0.25, -0.2) is 0 Å². The van der Waals surface area contributed by atoms with Crippen LogP contribution >= 0.6 is 24.0 Å². The van der Waals surface area contributed by atoms with Gasteiger partial charge in [-0.05, 0) is 55.7 Å². The Hall–Kier alpha value is -1.46. The van der Waals surface area contributed by atoms with Crippen molar-refractivity contribution in [3.8, 4) is 18.1 Å². The Morgan fingerprint density at radius 3 is 2.54 bits per heavy atom. The molecule has 0 aromatic heterocycles. The number of aliphatic imine (C=N–C) groups is 1. The van der Waals surface area contributed by atoms with Gasteiger partial charge >= 0.3 is 0 Å². The summed E-state index contributed by atoms with van der Waals surface area (Å²) in [7, 11) is 0. The molecular weight excluding hydrogens is 465 g/mol. The van der Waals surface area contributed by atoms with Crippen LogP contribution in [0.1, 0.15) is 39.2 Å². The average Bonchev–Trinajstić information content (AvgIpc) is 2.65. The zero-order valence-electron chi connectivity index (χ0n) is 17.4. The predicted molar refractivity (Wildman–Crippen MR) is 129 cm³/mol. The molecule has 0 fully saturated rings. The maximum absolute atomic E-state index is 9.25. The lowest BCUT2D eigenvalue weighted by molar-refractivity contribution is 0.245. The zero-order chi connectivity index (χ0) is 19.9. The Balaban J connectivity index is 0.00000729. The number of rotatable bonds is 12. The van der Waals surface area contributed by atoms with E-state index in [4.69, 9.17) is 16.2 Å². The van der Waals surface area contributed by atoms with Crippen LogP contribution in [0.15, 0.2) is 29.3 Å². The molecule has 0 amide bonds. The van der Waals surface area contributed by atoms with Crippen molar-refractivity contribution < 1.29 is 9.84 Å². The molecule has 0 aliphatic carbocycles. The Morgan fingerprint density at radius 1 is 1.25 bits per heavy atom. The highest BCUT2D eigenvalue weighted by atomic mass is 127. The van der Waals surface area contributed by atoms with E-state index in [9.17, 15) is 5.11 Å². The smallest absolute Gasteiger partial charge is 0.191 e. The number of aliphatic hydroxyl groups excluding tert-OH is 1. The Morgan fingerprint density at radius 2 is 1.96 bits per heavy atom. The molecule has 6 heteroatoms. The van der Waals surface area contributed by atoms with Crippen LogP contribution in [0.3, 0.4) is 0 Å². The van der Waals surface area contributed by atoms with E-state index >= 15 is 0 Å². The molecular formula is C22H36IN3O2. The maximum Gasteiger partial charge on any atom is 0.191 e. The molecule has 158 valence electrons. The van der Waals surface area contributed by atoms with Crippen molar-refractivity contribution in [2.24, 2.45) is 16.8 Å². The molecule has 0 spiro atoms. The highest BCUT2D eigenvalue weighted by molar-refractivity contribution is 14.0. The summed E-state index contributed by atoms with van der Waals surface area (Å²) in [5.74, 6) is 5.11. The maximum atomic E-state index is 9.25. The van der Waals surface area contributed by atoms with Crippen molar-refractivity contribution in [2.75, 3.05) is 32.8 Å². The summed E-state index contributed by atoms with van der Waals surface area (Å²) in [5.41, 5.74) is 1.23. The van der Waals surface area contributed by atoms with Gasteiger partial charge in [-0.2, -0.15) is 0 Å². The van der Waals surface area contributed by atoms with Gasteiger partial charge in [0.2, 0.25) is 0 Å². The van der Waals surface area contributed by atoms with Gasteiger partial charge in [0.15, 0.2) is 5.96 Å².